The predicted octanol–water partition coefficient (Wildman–Crippen LogP) is -3.28. The monoisotopic (exact) mass is 251 g/mol. The Bertz CT molecular complexity index is 167. The largest absolute Gasteiger partial charge is 0.392 e. The van der Waals surface area contributed by atoms with Gasteiger partial charge < -0.3 is 37.2 Å². The highest BCUT2D eigenvalue weighted by atomic mass is 16.3. The molecule has 4 atom stereocenters. The number of nitrogens with one attached hydrogen (secondary N) is 1. The Morgan fingerprint density at radius 3 is 1.35 bits per heavy atom. The fourth-order valence-electron chi connectivity index (χ4n) is 1.40. The number of aliphatic hydroxyl groups excluding tert-OH is 4. The van der Waals surface area contributed by atoms with Crippen LogP contribution < -0.4 is 16.8 Å². The summed E-state index contributed by atoms with van der Waals surface area (Å²) in [5, 5.41) is 40.1. The molecular weight excluding hydrogens is 226 g/mol. The number of hydrogen-bond acceptors (Lipinski definition) is 7. The number of hydrogen-bond donors (Lipinski definition) is 7. The van der Waals surface area contributed by atoms with E-state index in [0.29, 0.717) is 0 Å². The van der Waals surface area contributed by atoms with Crippen molar-refractivity contribution in [3.8, 4) is 0 Å². The minimum Gasteiger partial charge on any atom is -0.392 e. The molecule has 7 heteroatoms. The maximum Gasteiger partial charge on any atom is 0.0689 e. The molecule has 7 nitrogen and oxygen atoms in total. The van der Waals surface area contributed by atoms with Crippen LogP contribution in [0.5, 0.6) is 0 Å². The Hall–Kier alpha value is -0.280. The molecule has 0 spiro atoms. The van der Waals surface area contributed by atoms with Gasteiger partial charge in [0.05, 0.1) is 24.4 Å². The average Bonchev–Trinajstić information content (AvgIpc) is 2.28. The zero-order chi connectivity index (χ0) is 13.3. The molecule has 104 valence electrons. The molecule has 0 heterocycles. The molecule has 0 amide bonds. The zero-order valence-corrected chi connectivity index (χ0v) is 10.00. The van der Waals surface area contributed by atoms with E-state index < -0.39 is 24.4 Å². The molecule has 0 aliphatic heterocycles. The maximum atomic E-state index is 9.46. The fraction of sp³-hybridized carbons (Fsp3) is 1.00. The van der Waals surface area contributed by atoms with Crippen LogP contribution in [0, 0.1) is 0 Å². The van der Waals surface area contributed by atoms with Gasteiger partial charge in [0.2, 0.25) is 0 Å². The zero-order valence-electron chi connectivity index (χ0n) is 10.00. The summed E-state index contributed by atoms with van der Waals surface area (Å²) in [6.45, 7) is 0.741. The third-order valence-electron chi connectivity index (χ3n) is 2.39. The molecule has 0 saturated carbocycles. The van der Waals surface area contributed by atoms with Gasteiger partial charge in [-0.05, 0) is 0 Å². The van der Waals surface area contributed by atoms with E-state index in [-0.39, 0.29) is 39.0 Å². The van der Waals surface area contributed by atoms with E-state index in [1.165, 1.54) is 0 Å². The van der Waals surface area contributed by atoms with Crippen molar-refractivity contribution in [1.29, 1.82) is 0 Å². The minimum atomic E-state index is -0.712. The third-order valence-corrected chi connectivity index (χ3v) is 2.39. The second-order valence-electron chi connectivity index (χ2n) is 4.22. The van der Waals surface area contributed by atoms with Crippen molar-refractivity contribution in [3.05, 3.63) is 0 Å². The molecule has 9 N–H and O–H groups in total. The van der Waals surface area contributed by atoms with Crippen molar-refractivity contribution in [2.24, 2.45) is 11.5 Å². The first-order valence-corrected chi connectivity index (χ1v) is 5.82. The van der Waals surface area contributed by atoms with Crippen LogP contribution in [0.3, 0.4) is 0 Å². The van der Waals surface area contributed by atoms with Crippen LogP contribution in [0.15, 0.2) is 0 Å². The Labute approximate surface area is 101 Å². The first kappa shape index (κ1) is 16.7. The van der Waals surface area contributed by atoms with E-state index in [2.05, 4.69) is 5.32 Å². The van der Waals surface area contributed by atoms with Gasteiger partial charge in [-0.15, -0.1) is 0 Å². The van der Waals surface area contributed by atoms with Gasteiger partial charge in [0.1, 0.15) is 0 Å². The van der Waals surface area contributed by atoms with Gasteiger partial charge in [0.25, 0.3) is 0 Å². The molecule has 0 fully saturated rings. The summed E-state index contributed by atoms with van der Waals surface area (Å²) in [5.41, 5.74) is 10.4. The van der Waals surface area contributed by atoms with Crippen LogP contribution in [0.2, 0.25) is 0 Å². The minimum absolute atomic E-state index is 0.113. The summed E-state index contributed by atoms with van der Waals surface area (Å²) in [4.78, 5) is 0. The lowest BCUT2D eigenvalue weighted by Crippen LogP contribution is -2.37. The van der Waals surface area contributed by atoms with E-state index in [4.69, 9.17) is 11.5 Å². The summed E-state index contributed by atoms with van der Waals surface area (Å²) in [6.07, 6.45) is -2.44. The van der Waals surface area contributed by atoms with Crippen LogP contribution >= 0.6 is 0 Å². The smallest absolute Gasteiger partial charge is 0.0689 e. The van der Waals surface area contributed by atoms with Crippen molar-refractivity contribution in [2.75, 3.05) is 26.2 Å². The summed E-state index contributed by atoms with van der Waals surface area (Å²) >= 11 is 0. The van der Waals surface area contributed by atoms with E-state index in [9.17, 15) is 20.4 Å². The molecule has 0 aromatic heterocycles. The molecule has 17 heavy (non-hydrogen) atoms. The van der Waals surface area contributed by atoms with Gasteiger partial charge in [-0.2, -0.15) is 0 Å². The molecule has 0 aliphatic carbocycles. The van der Waals surface area contributed by atoms with Crippen LogP contribution in [0.25, 0.3) is 0 Å². The number of nitrogens with two attached hydrogens (primary N) is 2. The highest BCUT2D eigenvalue weighted by Gasteiger charge is 2.13. The molecular formula is C10H25N3O4. The molecule has 0 unspecified atom stereocenters. The van der Waals surface area contributed by atoms with Crippen LogP contribution in [-0.2, 0) is 0 Å². The summed E-state index contributed by atoms with van der Waals surface area (Å²) < 4.78 is 0. The van der Waals surface area contributed by atoms with Crippen molar-refractivity contribution in [2.45, 2.75) is 37.3 Å². The topological polar surface area (TPSA) is 145 Å². The van der Waals surface area contributed by atoms with Crippen LogP contribution in [0.4, 0.5) is 0 Å². The average molecular weight is 251 g/mol. The Morgan fingerprint density at radius 2 is 1.06 bits per heavy atom. The van der Waals surface area contributed by atoms with Gasteiger partial charge >= 0.3 is 0 Å². The Morgan fingerprint density at radius 1 is 0.706 bits per heavy atom. The fourth-order valence-corrected chi connectivity index (χ4v) is 1.40. The molecule has 0 bridgehead atoms. The standard InChI is InChI=1S/C10H25N3O4/c11-3-7(14)1-9(16)5-13-6-10(17)2-8(15)4-12/h7-10,13-17H,1-6,11-12H2/t7-,8+,9-,10-/m1/s1. The second-order valence-corrected chi connectivity index (χ2v) is 4.22. The molecule has 0 aromatic rings. The van der Waals surface area contributed by atoms with Crippen LogP contribution in [0.1, 0.15) is 12.8 Å². The van der Waals surface area contributed by atoms with E-state index in [1.807, 2.05) is 0 Å². The van der Waals surface area contributed by atoms with E-state index in [1.54, 1.807) is 0 Å². The van der Waals surface area contributed by atoms with Gasteiger partial charge in [-0.25, -0.2) is 0 Å². The lowest BCUT2D eigenvalue weighted by molar-refractivity contribution is 0.0701. The summed E-state index contributed by atoms with van der Waals surface area (Å²) in [7, 11) is 0. The lowest BCUT2D eigenvalue weighted by atomic mass is 10.1. The molecule has 0 saturated heterocycles. The first-order chi connectivity index (χ1) is 7.99. The lowest BCUT2D eigenvalue weighted by Gasteiger charge is -2.18. The van der Waals surface area contributed by atoms with Gasteiger partial charge in [-0.3, -0.25) is 0 Å². The highest BCUT2D eigenvalue weighted by Crippen LogP contribution is 1.98. The highest BCUT2D eigenvalue weighted by molar-refractivity contribution is 4.70. The van der Waals surface area contributed by atoms with Crippen molar-refractivity contribution in [3.63, 3.8) is 0 Å². The van der Waals surface area contributed by atoms with E-state index in [0.717, 1.165) is 0 Å². The number of rotatable bonds is 10. The van der Waals surface area contributed by atoms with E-state index >= 15 is 0 Å². The van der Waals surface area contributed by atoms with Gasteiger partial charge in [-0.1, -0.05) is 0 Å². The van der Waals surface area contributed by atoms with Crippen molar-refractivity contribution < 1.29 is 20.4 Å². The third kappa shape index (κ3) is 9.42. The predicted molar refractivity (Wildman–Crippen MR) is 64.2 cm³/mol. The Kier molecular flexibility index (Phi) is 9.56. The Balaban J connectivity index is 3.55. The van der Waals surface area contributed by atoms with Gasteiger partial charge in [0, 0.05) is 39.0 Å². The number of aliphatic hydroxyl groups is 4. The molecule has 0 aromatic carbocycles. The normalized spacial score (nSPS) is 18.7. The molecule has 0 rings (SSSR count). The molecule has 0 aliphatic rings. The van der Waals surface area contributed by atoms with Gasteiger partial charge in [0.15, 0.2) is 0 Å². The first-order valence-electron chi connectivity index (χ1n) is 5.82. The van der Waals surface area contributed by atoms with Crippen molar-refractivity contribution in [1.82, 2.24) is 5.32 Å². The maximum absolute atomic E-state index is 9.46. The van der Waals surface area contributed by atoms with Crippen LogP contribution in [-0.4, -0.2) is 71.0 Å². The second kappa shape index (κ2) is 9.72. The molecule has 0 radical (unpaired) electrons. The summed E-state index contributed by atoms with van der Waals surface area (Å²) in [6, 6.07) is 0. The quantitative estimate of drug-likeness (QED) is 0.215. The SMILES string of the molecule is NC[C@@H](O)C[C@@H](O)CNC[C@H](O)C[C@@H](O)CN. The summed E-state index contributed by atoms with van der Waals surface area (Å²) in [5.74, 6) is 0. The van der Waals surface area contributed by atoms with Crippen molar-refractivity contribution >= 4 is 0 Å².